The van der Waals surface area contributed by atoms with Crippen LogP contribution in [0.1, 0.15) is 31.1 Å². The molecule has 0 saturated heterocycles. The van der Waals surface area contributed by atoms with E-state index < -0.39 is 22.7 Å². The second-order valence-electron chi connectivity index (χ2n) is 4.44. The fourth-order valence-corrected chi connectivity index (χ4v) is 1.17. The van der Waals surface area contributed by atoms with E-state index in [1.165, 1.54) is 0 Å². The van der Waals surface area contributed by atoms with Crippen LogP contribution in [0.5, 0.6) is 17.2 Å². The van der Waals surface area contributed by atoms with E-state index in [9.17, 15) is 15.0 Å². The van der Waals surface area contributed by atoms with Gasteiger partial charge in [0.1, 0.15) is 0 Å². The van der Waals surface area contributed by atoms with Crippen LogP contribution in [-0.2, 0) is 0 Å². The summed E-state index contributed by atoms with van der Waals surface area (Å²) in [4.78, 5) is 11.8. The number of carbonyl (C=O) groups is 1. The molecule has 0 bridgehead atoms. The molecule has 1 rings (SSSR count). The number of aromatic hydroxyl groups is 3. The number of Topliss-reactive ketones (excluding diaryl/α,β-unsaturated/α-hetero) is 1. The van der Waals surface area contributed by atoms with Crippen molar-refractivity contribution in [3.05, 3.63) is 17.7 Å². The molecule has 1 aromatic rings. The molecule has 15 heavy (non-hydrogen) atoms. The van der Waals surface area contributed by atoms with Crippen LogP contribution >= 0.6 is 0 Å². The van der Waals surface area contributed by atoms with Crippen LogP contribution in [0.25, 0.3) is 0 Å². The standard InChI is InChI=1S/C11H14O4/c1-11(2,3)10(15)6-4-7(12)9(14)8(13)5-6/h4-5,12-14H,1-3H3. The maximum atomic E-state index is 11.8. The van der Waals surface area contributed by atoms with Crippen LogP contribution in [0, 0.1) is 5.41 Å². The predicted octanol–water partition coefficient (Wildman–Crippen LogP) is 2.03. The third kappa shape index (κ3) is 2.21. The van der Waals surface area contributed by atoms with Gasteiger partial charge in [0.15, 0.2) is 23.0 Å². The van der Waals surface area contributed by atoms with Crippen LogP contribution in [0.15, 0.2) is 12.1 Å². The Kier molecular flexibility index (Phi) is 2.62. The summed E-state index contributed by atoms with van der Waals surface area (Å²) in [6.45, 7) is 5.20. The molecule has 0 amide bonds. The number of phenolic OH excluding ortho intramolecular Hbond substituents is 3. The molecule has 0 spiro atoms. The highest BCUT2D eigenvalue weighted by Crippen LogP contribution is 2.36. The predicted molar refractivity (Wildman–Crippen MR) is 55.2 cm³/mol. The monoisotopic (exact) mass is 210 g/mol. The van der Waals surface area contributed by atoms with Crippen molar-refractivity contribution in [1.82, 2.24) is 0 Å². The molecule has 82 valence electrons. The topological polar surface area (TPSA) is 77.8 Å². The Balaban J connectivity index is 3.24. The summed E-state index contributed by atoms with van der Waals surface area (Å²) in [6, 6.07) is 2.28. The first-order chi connectivity index (χ1) is 6.73. The lowest BCUT2D eigenvalue weighted by Gasteiger charge is -2.17. The number of rotatable bonds is 1. The van der Waals surface area contributed by atoms with E-state index in [1.54, 1.807) is 20.8 Å². The summed E-state index contributed by atoms with van der Waals surface area (Å²) >= 11 is 0. The van der Waals surface area contributed by atoms with Crippen molar-refractivity contribution < 1.29 is 20.1 Å². The maximum absolute atomic E-state index is 11.8. The van der Waals surface area contributed by atoms with E-state index in [0.29, 0.717) is 0 Å². The van der Waals surface area contributed by atoms with Gasteiger partial charge in [-0.25, -0.2) is 0 Å². The minimum Gasteiger partial charge on any atom is -0.504 e. The molecule has 0 unspecified atom stereocenters. The van der Waals surface area contributed by atoms with Gasteiger partial charge < -0.3 is 15.3 Å². The van der Waals surface area contributed by atoms with Crippen molar-refractivity contribution in [3.63, 3.8) is 0 Å². The number of phenols is 3. The Bertz CT molecular complexity index is 379. The number of benzene rings is 1. The Morgan fingerprint density at radius 2 is 1.47 bits per heavy atom. The fourth-order valence-electron chi connectivity index (χ4n) is 1.17. The second kappa shape index (κ2) is 3.46. The van der Waals surface area contributed by atoms with E-state index in [-0.39, 0.29) is 11.3 Å². The molecule has 0 aromatic heterocycles. The second-order valence-corrected chi connectivity index (χ2v) is 4.44. The quantitative estimate of drug-likeness (QED) is 0.489. The van der Waals surface area contributed by atoms with Gasteiger partial charge in [0.05, 0.1) is 0 Å². The summed E-state index contributed by atoms with van der Waals surface area (Å²) in [7, 11) is 0. The largest absolute Gasteiger partial charge is 0.504 e. The molecule has 4 heteroatoms. The van der Waals surface area contributed by atoms with E-state index >= 15 is 0 Å². The van der Waals surface area contributed by atoms with Crippen molar-refractivity contribution in [3.8, 4) is 17.2 Å². The fraction of sp³-hybridized carbons (Fsp3) is 0.364. The SMILES string of the molecule is CC(C)(C)C(=O)c1cc(O)c(O)c(O)c1. The van der Waals surface area contributed by atoms with Crippen LogP contribution in [0.3, 0.4) is 0 Å². The zero-order chi connectivity index (χ0) is 11.8. The van der Waals surface area contributed by atoms with Gasteiger partial charge in [-0.3, -0.25) is 4.79 Å². The Hall–Kier alpha value is -1.71. The lowest BCUT2D eigenvalue weighted by molar-refractivity contribution is 0.0857. The Morgan fingerprint density at radius 1 is 1.07 bits per heavy atom. The van der Waals surface area contributed by atoms with Gasteiger partial charge in [0, 0.05) is 11.0 Å². The average molecular weight is 210 g/mol. The summed E-state index contributed by atoms with van der Waals surface area (Å²) in [5, 5.41) is 27.6. The summed E-state index contributed by atoms with van der Waals surface area (Å²) in [5.41, 5.74) is -0.425. The van der Waals surface area contributed by atoms with Crippen LogP contribution in [-0.4, -0.2) is 21.1 Å². The number of carbonyl (C=O) groups excluding carboxylic acids is 1. The normalized spacial score (nSPS) is 11.4. The first-order valence-electron chi connectivity index (χ1n) is 4.53. The molecule has 0 aliphatic heterocycles. The number of hydrogen-bond donors (Lipinski definition) is 3. The zero-order valence-corrected chi connectivity index (χ0v) is 8.90. The highest BCUT2D eigenvalue weighted by atomic mass is 16.3. The van der Waals surface area contributed by atoms with Crippen LogP contribution < -0.4 is 0 Å². The first kappa shape index (κ1) is 11.4. The van der Waals surface area contributed by atoms with Gasteiger partial charge in [0.25, 0.3) is 0 Å². The van der Waals surface area contributed by atoms with Crippen molar-refractivity contribution in [2.75, 3.05) is 0 Å². The zero-order valence-electron chi connectivity index (χ0n) is 8.90. The summed E-state index contributed by atoms with van der Waals surface area (Å²) in [6.07, 6.45) is 0. The van der Waals surface area contributed by atoms with Crippen molar-refractivity contribution in [1.29, 1.82) is 0 Å². The highest BCUT2D eigenvalue weighted by molar-refractivity contribution is 6.00. The lowest BCUT2D eigenvalue weighted by atomic mass is 9.86. The molecule has 0 aliphatic rings. The minimum atomic E-state index is -0.611. The summed E-state index contributed by atoms with van der Waals surface area (Å²) in [5.74, 6) is -1.82. The molecule has 3 N–H and O–H groups in total. The Morgan fingerprint density at radius 3 is 1.80 bits per heavy atom. The number of hydrogen-bond acceptors (Lipinski definition) is 4. The molecule has 0 saturated carbocycles. The first-order valence-corrected chi connectivity index (χ1v) is 4.53. The van der Waals surface area contributed by atoms with Crippen molar-refractivity contribution in [2.45, 2.75) is 20.8 Å². The maximum Gasteiger partial charge on any atom is 0.200 e. The van der Waals surface area contributed by atoms with Gasteiger partial charge in [-0.15, -0.1) is 0 Å². The van der Waals surface area contributed by atoms with Gasteiger partial charge in [0.2, 0.25) is 0 Å². The van der Waals surface area contributed by atoms with Crippen molar-refractivity contribution >= 4 is 5.78 Å². The molecule has 0 fully saturated rings. The third-order valence-electron chi connectivity index (χ3n) is 2.01. The molecule has 0 atom stereocenters. The van der Waals surface area contributed by atoms with E-state index in [0.717, 1.165) is 12.1 Å². The van der Waals surface area contributed by atoms with Gasteiger partial charge in [-0.05, 0) is 12.1 Å². The lowest BCUT2D eigenvalue weighted by Crippen LogP contribution is -2.19. The molecular formula is C11H14O4. The third-order valence-corrected chi connectivity index (χ3v) is 2.01. The smallest absolute Gasteiger partial charge is 0.200 e. The molecule has 4 nitrogen and oxygen atoms in total. The molecule has 1 aromatic carbocycles. The van der Waals surface area contributed by atoms with Crippen LogP contribution in [0.2, 0.25) is 0 Å². The van der Waals surface area contributed by atoms with Crippen molar-refractivity contribution in [2.24, 2.45) is 5.41 Å². The number of ketones is 1. The van der Waals surface area contributed by atoms with Gasteiger partial charge in [-0.2, -0.15) is 0 Å². The average Bonchev–Trinajstić information content (AvgIpc) is 2.10. The van der Waals surface area contributed by atoms with Crippen LogP contribution in [0.4, 0.5) is 0 Å². The Labute approximate surface area is 87.8 Å². The molecular weight excluding hydrogens is 196 g/mol. The van der Waals surface area contributed by atoms with E-state index in [4.69, 9.17) is 5.11 Å². The highest BCUT2D eigenvalue weighted by Gasteiger charge is 2.24. The minimum absolute atomic E-state index is 0.176. The van der Waals surface area contributed by atoms with E-state index in [1.807, 2.05) is 0 Å². The summed E-state index contributed by atoms with van der Waals surface area (Å²) < 4.78 is 0. The van der Waals surface area contributed by atoms with Gasteiger partial charge >= 0.3 is 0 Å². The van der Waals surface area contributed by atoms with E-state index in [2.05, 4.69) is 0 Å². The molecule has 0 aliphatic carbocycles. The molecule has 0 radical (unpaired) electrons. The van der Waals surface area contributed by atoms with Gasteiger partial charge in [-0.1, -0.05) is 20.8 Å². The molecule has 0 heterocycles.